The third-order valence-corrected chi connectivity index (χ3v) is 5.79. The molecule has 1 aliphatic rings. The molecule has 0 saturated carbocycles. The number of nitrogens with zero attached hydrogens (tertiary/aromatic N) is 2. The molecule has 0 radical (unpaired) electrons. The van der Waals surface area contributed by atoms with Crippen molar-refractivity contribution < 1.29 is 14.0 Å². The van der Waals surface area contributed by atoms with Crippen LogP contribution in [0, 0.1) is 5.82 Å². The molecule has 1 saturated heterocycles. The summed E-state index contributed by atoms with van der Waals surface area (Å²) in [6, 6.07) is 6.45. The smallest absolute Gasteiger partial charge is 0.317 e. The average molecular weight is 382 g/mol. The molecule has 26 heavy (non-hydrogen) atoms. The number of amides is 3. The van der Waals surface area contributed by atoms with Gasteiger partial charge in [-0.05, 0) is 33.3 Å². The van der Waals surface area contributed by atoms with E-state index in [-0.39, 0.29) is 34.4 Å². The van der Waals surface area contributed by atoms with E-state index in [1.165, 1.54) is 17.8 Å². The van der Waals surface area contributed by atoms with E-state index in [4.69, 9.17) is 0 Å². The van der Waals surface area contributed by atoms with Crippen molar-refractivity contribution in [2.75, 3.05) is 19.6 Å². The third kappa shape index (κ3) is 4.69. The lowest BCUT2D eigenvalue weighted by Crippen LogP contribution is -2.48. The molecule has 3 amide bonds. The van der Waals surface area contributed by atoms with Crippen molar-refractivity contribution in [2.24, 2.45) is 0 Å². The third-order valence-electron chi connectivity index (χ3n) is 4.41. The zero-order valence-electron chi connectivity index (χ0n) is 15.9. The Morgan fingerprint density at radius 1 is 1.38 bits per heavy atom. The normalized spacial score (nSPS) is 19.9. The standard InChI is InChI=1S/C19H28FN3O2S/c1-5-10-21-19(25)22(13(2)3)11-12-23-17(24)14(4)26-18(23)15-8-6-7-9-16(15)20/h6-9,13-14,18H,5,10-12H2,1-4H3,(H,21,25)/t14-,18+/m0/s1. The van der Waals surface area contributed by atoms with Crippen molar-refractivity contribution in [1.82, 2.24) is 15.1 Å². The van der Waals surface area contributed by atoms with Gasteiger partial charge in [0.15, 0.2) is 0 Å². The Kier molecular flexibility index (Phi) is 7.32. The number of halogens is 1. The van der Waals surface area contributed by atoms with Gasteiger partial charge in [-0.15, -0.1) is 11.8 Å². The summed E-state index contributed by atoms with van der Waals surface area (Å²) in [7, 11) is 0. The fourth-order valence-corrected chi connectivity index (χ4v) is 4.29. The second-order valence-electron chi connectivity index (χ2n) is 6.70. The maximum atomic E-state index is 14.2. The molecule has 2 rings (SSSR count). The van der Waals surface area contributed by atoms with Crippen molar-refractivity contribution in [1.29, 1.82) is 0 Å². The monoisotopic (exact) mass is 381 g/mol. The molecule has 1 aromatic rings. The van der Waals surface area contributed by atoms with Gasteiger partial charge in [0.2, 0.25) is 5.91 Å². The van der Waals surface area contributed by atoms with E-state index >= 15 is 0 Å². The van der Waals surface area contributed by atoms with Gasteiger partial charge >= 0.3 is 6.03 Å². The second-order valence-corrected chi connectivity index (χ2v) is 8.13. The Hall–Kier alpha value is -1.76. The van der Waals surface area contributed by atoms with Crippen LogP contribution in [0.1, 0.15) is 45.1 Å². The number of thioether (sulfide) groups is 1. The van der Waals surface area contributed by atoms with E-state index in [0.29, 0.717) is 25.2 Å². The lowest BCUT2D eigenvalue weighted by molar-refractivity contribution is -0.130. The highest BCUT2D eigenvalue weighted by atomic mass is 32.2. The molecular formula is C19H28FN3O2S. The lowest BCUT2D eigenvalue weighted by atomic mass is 10.2. The predicted molar refractivity (Wildman–Crippen MR) is 103 cm³/mol. The first-order valence-electron chi connectivity index (χ1n) is 9.11. The summed E-state index contributed by atoms with van der Waals surface area (Å²) in [6.07, 6.45) is 0.867. The quantitative estimate of drug-likeness (QED) is 0.785. The molecule has 0 aliphatic carbocycles. The van der Waals surface area contributed by atoms with Gasteiger partial charge in [0, 0.05) is 31.2 Å². The second kappa shape index (κ2) is 9.26. The minimum Gasteiger partial charge on any atom is -0.338 e. The Morgan fingerprint density at radius 2 is 2.08 bits per heavy atom. The fraction of sp³-hybridized carbons (Fsp3) is 0.579. The molecule has 0 spiro atoms. The minimum atomic E-state index is -0.355. The summed E-state index contributed by atoms with van der Waals surface area (Å²) in [4.78, 5) is 28.3. The molecule has 1 aliphatic heterocycles. The largest absolute Gasteiger partial charge is 0.338 e. The molecule has 1 N–H and O–H groups in total. The number of carbonyl (C=O) groups excluding carboxylic acids is 2. The van der Waals surface area contributed by atoms with E-state index < -0.39 is 0 Å². The number of hydrogen-bond donors (Lipinski definition) is 1. The van der Waals surface area contributed by atoms with Crippen molar-refractivity contribution in [3.63, 3.8) is 0 Å². The molecule has 0 unspecified atom stereocenters. The first-order valence-corrected chi connectivity index (χ1v) is 10.1. The van der Waals surface area contributed by atoms with E-state index in [1.807, 2.05) is 27.7 Å². The van der Waals surface area contributed by atoms with E-state index in [9.17, 15) is 14.0 Å². The fourth-order valence-electron chi connectivity index (χ4n) is 2.96. The summed E-state index contributed by atoms with van der Waals surface area (Å²) >= 11 is 1.45. The van der Waals surface area contributed by atoms with Gasteiger partial charge in [0.1, 0.15) is 11.2 Å². The van der Waals surface area contributed by atoms with Crippen LogP contribution in [0.15, 0.2) is 24.3 Å². The number of urea groups is 1. The van der Waals surface area contributed by atoms with Crippen LogP contribution in [0.25, 0.3) is 0 Å². The van der Waals surface area contributed by atoms with Crippen LogP contribution in [0.5, 0.6) is 0 Å². The van der Waals surface area contributed by atoms with E-state index in [0.717, 1.165) is 6.42 Å². The topological polar surface area (TPSA) is 52.7 Å². The van der Waals surface area contributed by atoms with Gasteiger partial charge in [-0.2, -0.15) is 0 Å². The van der Waals surface area contributed by atoms with Gasteiger partial charge in [-0.1, -0.05) is 25.1 Å². The molecule has 0 aromatic heterocycles. The van der Waals surface area contributed by atoms with Crippen molar-refractivity contribution >= 4 is 23.7 Å². The molecule has 7 heteroatoms. The van der Waals surface area contributed by atoms with Crippen LogP contribution in [-0.4, -0.2) is 52.7 Å². The molecular weight excluding hydrogens is 353 g/mol. The summed E-state index contributed by atoms with van der Waals surface area (Å²) in [5, 5.41) is 2.30. The van der Waals surface area contributed by atoms with Gasteiger partial charge in [0.05, 0.1) is 5.25 Å². The van der Waals surface area contributed by atoms with Crippen LogP contribution in [0.4, 0.5) is 9.18 Å². The number of benzene rings is 1. The summed E-state index contributed by atoms with van der Waals surface area (Å²) in [5.74, 6) is -0.320. The number of rotatable bonds is 7. The minimum absolute atomic E-state index is 0.0130. The Labute approximate surface area is 159 Å². The maximum absolute atomic E-state index is 14.2. The highest BCUT2D eigenvalue weighted by molar-refractivity contribution is 8.01. The Morgan fingerprint density at radius 3 is 2.69 bits per heavy atom. The zero-order valence-corrected chi connectivity index (χ0v) is 16.7. The Balaban J connectivity index is 2.12. The van der Waals surface area contributed by atoms with Gasteiger partial charge in [0.25, 0.3) is 0 Å². The van der Waals surface area contributed by atoms with Crippen molar-refractivity contribution in [3.05, 3.63) is 35.6 Å². The highest BCUT2D eigenvalue weighted by Gasteiger charge is 2.39. The van der Waals surface area contributed by atoms with Crippen LogP contribution in [0.3, 0.4) is 0 Å². The molecule has 2 atom stereocenters. The molecule has 1 fully saturated rings. The van der Waals surface area contributed by atoms with Crippen LogP contribution in [-0.2, 0) is 4.79 Å². The van der Waals surface area contributed by atoms with E-state index in [2.05, 4.69) is 5.32 Å². The average Bonchev–Trinajstić information content (AvgIpc) is 2.88. The number of carbonyl (C=O) groups is 2. The van der Waals surface area contributed by atoms with Crippen LogP contribution >= 0.6 is 11.8 Å². The SMILES string of the molecule is CCCNC(=O)N(CCN1C(=O)[C@H](C)S[C@@H]1c1ccccc1F)C(C)C. The van der Waals surface area contributed by atoms with Gasteiger partial charge in [-0.3, -0.25) is 4.79 Å². The molecule has 144 valence electrons. The first-order chi connectivity index (χ1) is 12.4. The number of hydrogen-bond acceptors (Lipinski definition) is 3. The Bertz CT molecular complexity index is 641. The lowest BCUT2D eigenvalue weighted by Gasteiger charge is -2.31. The molecule has 0 bridgehead atoms. The zero-order chi connectivity index (χ0) is 19.3. The summed E-state index contributed by atoms with van der Waals surface area (Å²) < 4.78 is 14.2. The van der Waals surface area contributed by atoms with Crippen LogP contribution < -0.4 is 5.32 Å². The van der Waals surface area contributed by atoms with Crippen molar-refractivity contribution in [2.45, 2.75) is 50.8 Å². The summed E-state index contributed by atoms with van der Waals surface area (Å²) in [6.45, 7) is 9.15. The van der Waals surface area contributed by atoms with E-state index in [1.54, 1.807) is 28.0 Å². The molecule has 5 nitrogen and oxygen atoms in total. The summed E-state index contributed by atoms with van der Waals surface area (Å²) in [5.41, 5.74) is 0.515. The predicted octanol–water partition coefficient (Wildman–Crippen LogP) is 3.62. The van der Waals surface area contributed by atoms with Gasteiger partial charge < -0.3 is 15.1 Å². The molecule has 1 heterocycles. The first kappa shape index (κ1) is 20.6. The maximum Gasteiger partial charge on any atom is 0.317 e. The molecule has 1 aromatic carbocycles. The highest BCUT2D eigenvalue weighted by Crippen LogP contribution is 2.43. The number of nitrogens with one attached hydrogen (secondary N) is 1. The van der Waals surface area contributed by atoms with Gasteiger partial charge in [-0.25, -0.2) is 9.18 Å². The van der Waals surface area contributed by atoms with Crippen molar-refractivity contribution in [3.8, 4) is 0 Å². The van der Waals surface area contributed by atoms with Crippen LogP contribution in [0.2, 0.25) is 0 Å².